The number of morpholine rings is 1. The molecule has 0 aliphatic carbocycles. The molecule has 0 spiro atoms. The second-order valence-electron chi connectivity index (χ2n) is 4.33. The van der Waals surface area contributed by atoms with Gasteiger partial charge < -0.3 is 25.0 Å². The molecule has 0 saturated carbocycles. The third kappa shape index (κ3) is 6.18. The van der Waals surface area contributed by atoms with Gasteiger partial charge in [0.15, 0.2) is 5.96 Å². The van der Waals surface area contributed by atoms with Crippen molar-refractivity contribution in [3.8, 4) is 0 Å². The lowest BCUT2D eigenvalue weighted by molar-refractivity contribution is -0.0161. The van der Waals surface area contributed by atoms with Gasteiger partial charge in [-0.3, -0.25) is 4.99 Å². The molecule has 0 aromatic heterocycles. The summed E-state index contributed by atoms with van der Waals surface area (Å²) in [5.41, 5.74) is 0. The lowest BCUT2D eigenvalue weighted by Gasteiger charge is -2.30. The quantitative estimate of drug-likeness (QED) is 0.383. The fraction of sp³-hybridized carbons (Fsp3) is 0.917. The van der Waals surface area contributed by atoms with Crippen LogP contribution in [-0.2, 0) is 9.47 Å². The van der Waals surface area contributed by atoms with E-state index in [9.17, 15) is 0 Å². The summed E-state index contributed by atoms with van der Waals surface area (Å²) in [5, 5.41) is 6.47. The van der Waals surface area contributed by atoms with Crippen LogP contribution >= 0.6 is 0 Å². The SMILES string of the molecule is CCOCCNC(=NC)NCC1CN(C)CCO1. The highest BCUT2D eigenvalue weighted by Gasteiger charge is 2.17. The number of rotatable bonds is 6. The predicted molar refractivity (Wildman–Crippen MR) is 73.1 cm³/mol. The van der Waals surface area contributed by atoms with E-state index in [1.165, 1.54) is 0 Å². The zero-order valence-corrected chi connectivity index (χ0v) is 11.7. The van der Waals surface area contributed by atoms with E-state index in [2.05, 4.69) is 27.6 Å². The molecule has 1 heterocycles. The Balaban J connectivity index is 2.14. The molecule has 0 radical (unpaired) electrons. The van der Waals surface area contributed by atoms with Crippen molar-refractivity contribution in [3.05, 3.63) is 0 Å². The van der Waals surface area contributed by atoms with Gasteiger partial charge in [0, 0.05) is 39.8 Å². The van der Waals surface area contributed by atoms with E-state index in [1.54, 1.807) is 7.05 Å². The number of likely N-dealkylation sites (N-methyl/N-ethyl adjacent to an activating group) is 1. The van der Waals surface area contributed by atoms with Crippen LogP contribution in [0, 0.1) is 0 Å². The molecule has 0 aromatic carbocycles. The van der Waals surface area contributed by atoms with Crippen molar-refractivity contribution in [2.45, 2.75) is 13.0 Å². The minimum atomic E-state index is 0.231. The zero-order valence-electron chi connectivity index (χ0n) is 11.7. The van der Waals surface area contributed by atoms with E-state index in [0.29, 0.717) is 6.61 Å². The second kappa shape index (κ2) is 9.13. The molecule has 18 heavy (non-hydrogen) atoms. The van der Waals surface area contributed by atoms with Gasteiger partial charge in [-0.2, -0.15) is 0 Å². The van der Waals surface area contributed by atoms with Gasteiger partial charge in [0.2, 0.25) is 0 Å². The number of guanidine groups is 1. The van der Waals surface area contributed by atoms with Crippen LogP contribution in [0.4, 0.5) is 0 Å². The number of nitrogens with one attached hydrogen (secondary N) is 2. The summed E-state index contributed by atoms with van der Waals surface area (Å²) in [5.74, 6) is 0.798. The van der Waals surface area contributed by atoms with E-state index in [-0.39, 0.29) is 6.10 Å². The molecule has 0 amide bonds. The maximum atomic E-state index is 5.67. The minimum absolute atomic E-state index is 0.231. The van der Waals surface area contributed by atoms with Gasteiger partial charge in [-0.25, -0.2) is 0 Å². The van der Waals surface area contributed by atoms with E-state index in [1.807, 2.05) is 6.92 Å². The first-order valence-electron chi connectivity index (χ1n) is 6.58. The molecule has 2 N–H and O–H groups in total. The average molecular weight is 258 g/mol. The van der Waals surface area contributed by atoms with Crippen LogP contribution in [0.5, 0.6) is 0 Å². The molecule has 1 aliphatic heterocycles. The van der Waals surface area contributed by atoms with Crippen molar-refractivity contribution in [3.63, 3.8) is 0 Å². The Morgan fingerprint density at radius 1 is 1.50 bits per heavy atom. The fourth-order valence-corrected chi connectivity index (χ4v) is 1.81. The zero-order chi connectivity index (χ0) is 13.2. The lowest BCUT2D eigenvalue weighted by Crippen LogP contribution is -2.48. The molecule has 1 saturated heterocycles. The Morgan fingerprint density at radius 2 is 2.33 bits per heavy atom. The van der Waals surface area contributed by atoms with E-state index in [0.717, 1.165) is 45.4 Å². The first kappa shape index (κ1) is 15.2. The monoisotopic (exact) mass is 258 g/mol. The molecule has 0 bridgehead atoms. The van der Waals surface area contributed by atoms with Gasteiger partial charge in [-0.15, -0.1) is 0 Å². The van der Waals surface area contributed by atoms with Crippen molar-refractivity contribution >= 4 is 5.96 Å². The normalized spacial score (nSPS) is 21.9. The number of hydrogen-bond donors (Lipinski definition) is 2. The molecule has 106 valence electrons. The predicted octanol–water partition coefficient (Wildman–Crippen LogP) is -0.481. The van der Waals surface area contributed by atoms with Crippen molar-refractivity contribution in [1.29, 1.82) is 0 Å². The minimum Gasteiger partial charge on any atom is -0.380 e. The summed E-state index contributed by atoms with van der Waals surface area (Å²) in [6.07, 6.45) is 0.231. The van der Waals surface area contributed by atoms with Crippen LogP contribution in [0.25, 0.3) is 0 Å². The molecular formula is C12H26N4O2. The summed E-state index contributed by atoms with van der Waals surface area (Å²) >= 11 is 0. The number of nitrogens with zero attached hydrogens (tertiary/aromatic N) is 2. The fourth-order valence-electron chi connectivity index (χ4n) is 1.81. The molecule has 1 rings (SSSR count). The summed E-state index contributed by atoms with van der Waals surface area (Å²) < 4.78 is 10.9. The summed E-state index contributed by atoms with van der Waals surface area (Å²) in [6, 6.07) is 0. The lowest BCUT2D eigenvalue weighted by atomic mass is 10.3. The van der Waals surface area contributed by atoms with Gasteiger partial charge in [0.1, 0.15) is 0 Å². The van der Waals surface area contributed by atoms with E-state index >= 15 is 0 Å². The van der Waals surface area contributed by atoms with Crippen molar-refractivity contribution in [2.75, 3.05) is 60.1 Å². The molecule has 0 aromatic rings. The van der Waals surface area contributed by atoms with Gasteiger partial charge in [0.05, 0.1) is 19.3 Å². The Hall–Kier alpha value is -0.850. The Labute approximate surface area is 110 Å². The van der Waals surface area contributed by atoms with Crippen molar-refractivity contribution in [1.82, 2.24) is 15.5 Å². The van der Waals surface area contributed by atoms with E-state index in [4.69, 9.17) is 9.47 Å². The summed E-state index contributed by atoms with van der Waals surface area (Å²) in [6.45, 7) is 7.75. The van der Waals surface area contributed by atoms with Crippen molar-refractivity contribution < 1.29 is 9.47 Å². The molecule has 1 unspecified atom stereocenters. The van der Waals surface area contributed by atoms with Crippen molar-refractivity contribution in [2.24, 2.45) is 4.99 Å². The molecule has 1 fully saturated rings. The Morgan fingerprint density at radius 3 is 3.00 bits per heavy atom. The molecule has 6 heteroatoms. The van der Waals surface area contributed by atoms with Crippen LogP contribution in [0.3, 0.4) is 0 Å². The van der Waals surface area contributed by atoms with Crippen LogP contribution in [0.15, 0.2) is 4.99 Å². The summed E-state index contributed by atoms with van der Waals surface area (Å²) in [4.78, 5) is 6.44. The van der Waals surface area contributed by atoms with Gasteiger partial charge in [0.25, 0.3) is 0 Å². The van der Waals surface area contributed by atoms with Crippen LogP contribution in [-0.4, -0.2) is 77.1 Å². The second-order valence-corrected chi connectivity index (χ2v) is 4.33. The van der Waals surface area contributed by atoms with E-state index < -0.39 is 0 Å². The maximum Gasteiger partial charge on any atom is 0.191 e. The number of aliphatic imine (C=N–C) groups is 1. The first-order valence-corrected chi connectivity index (χ1v) is 6.58. The largest absolute Gasteiger partial charge is 0.380 e. The highest BCUT2D eigenvalue weighted by atomic mass is 16.5. The molecule has 1 atom stereocenters. The highest BCUT2D eigenvalue weighted by Crippen LogP contribution is 2.01. The summed E-state index contributed by atoms with van der Waals surface area (Å²) in [7, 11) is 3.88. The third-order valence-electron chi connectivity index (χ3n) is 2.81. The van der Waals surface area contributed by atoms with Gasteiger partial charge in [-0.1, -0.05) is 0 Å². The molecular weight excluding hydrogens is 232 g/mol. The van der Waals surface area contributed by atoms with Gasteiger partial charge >= 0.3 is 0 Å². The topological polar surface area (TPSA) is 58.1 Å². The molecule has 6 nitrogen and oxygen atoms in total. The average Bonchev–Trinajstić information content (AvgIpc) is 2.38. The number of ether oxygens (including phenoxy) is 2. The highest BCUT2D eigenvalue weighted by molar-refractivity contribution is 5.79. The van der Waals surface area contributed by atoms with Crippen LogP contribution < -0.4 is 10.6 Å². The Kier molecular flexibility index (Phi) is 7.71. The maximum absolute atomic E-state index is 5.67. The Bertz CT molecular complexity index is 248. The van der Waals surface area contributed by atoms with Crippen LogP contribution in [0.2, 0.25) is 0 Å². The molecule has 1 aliphatic rings. The standard InChI is InChI=1S/C12H26N4O2/c1-4-17-7-5-14-12(13-2)15-9-11-10-16(3)6-8-18-11/h11H,4-10H2,1-3H3,(H2,13,14,15). The first-order chi connectivity index (χ1) is 8.76. The third-order valence-corrected chi connectivity index (χ3v) is 2.81. The van der Waals surface area contributed by atoms with Crippen LogP contribution in [0.1, 0.15) is 6.92 Å². The smallest absolute Gasteiger partial charge is 0.191 e. The van der Waals surface area contributed by atoms with Gasteiger partial charge in [-0.05, 0) is 14.0 Å². The number of hydrogen-bond acceptors (Lipinski definition) is 4.